The summed E-state index contributed by atoms with van der Waals surface area (Å²) in [6, 6.07) is 4.46. The van der Waals surface area contributed by atoms with Crippen LogP contribution in [-0.2, 0) is 0 Å². The van der Waals surface area contributed by atoms with Gasteiger partial charge in [-0.05, 0) is 40.0 Å². The lowest BCUT2D eigenvalue weighted by Crippen LogP contribution is -1.95. The van der Waals surface area contributed by atoms with Crippen molar-refractivity contribution in [3.63, 3.8) is 0 Å². The van der Waals surface area contributed by atoms with Gasteiger partial charge in [0.1, 0.15) is 5.82 Å². The van der Waals surface area contributed by atoms with E-state index in [1.807, 2.05) is 0 Å². The molecule has 0 saturated carbocycles. The highest BCUT2D eigenvalue weighted by molar-refractivity contribution is 9.10. The zero-order valence-electron chi connectivity index (χ0n) is 7.00. The van der Waals surface area contributed by atoms with Crippen molar-refractivity contribution in [2.75, 3.05) is 0 Å². The van der Waals surface area contributed by atoms with Crippen LogP contribution in [0, 0.1) is 5.82 Å². The van der Waals surface area contributed by atoms with E-state index in [-0.39, 0.29) is 5.82 Å². The third-order valence-corrected chi connectivity index (χ3v) is 2.33. The normalized spacial score (nSPS) is 12.5. The molecule has 0 aliphatic rings. The van der Waals surface area contributed by atoms with Gasteiger partial charge in [-0.15, -0.1) is 6.58 Å². The molecule has 1 N–H and O–H groups in total. The van der Waals surface area contributed by atoms with Gasteiger partial charge in [-0.1, -0.05) is 12.1 Å². The van der Waals surface area contributed by atoms with Crippen LogP contribution in [0.2, 0.25) is 0 Å². The molecule has 0 aromatic heterocycles. The fraction of sp³-hybridized carbons (Fsp3) is 0.200. The maximum atomic E-state index is 12.8. The number of hydrogen-bond donors (Lipinski definition) is 1. The first-order valence-electron chi connectivity index (χ1n) is 3.89. The van der Waals surface area contributed by atoms with E-state index in [1.165, 1.54) is 6.07 Å². The molecule has 0 aliphatic heterocycles. The van der Waals surface area contributed by atoms with E-state index >= 15 is 0 Å². The molecule has 1 atom stereocenters. The summed E-state index contributed by atoms with van der Waals surface area (Å²) in [4.78, 5) is 0. The molecule has 13 heavy (non-hydrogen) atoms. The number of hydrogen-bond acceptors (Lipinski definition) is 1. The molecular formula is C10H10BrFO. The summed E-state index contributed by atoms with van der Waals surface area (Å²) in [6.45, 7) is 3.52. The van der Waals surface area contributed by atoms with E-state index in [4.69, 9.17) is 0 Å². The van der Waals surface area contributed by atoms with Crippen molar-refractivity contribution in [1.29, 1.82) is 0 Å². The molecule has 1 aromatic carbocycles. The molecule has 0 bridgehead atoms. The molecule has 3 heteroatoms. The van der Waals surface area contributed by atoms with Crippen LogP contribution >= 0.6 is 15.9 Å². The molecule has 1 aromatic rings. The lowest BCUT2D eigenvalue weighted by molar-refractivity contribution is 0.181. The third-order valence-electron chi connectivity index (χ3n) is 1.72. The summed E-state index contributed by atoms with van der Waals surface area (Å²) in [5, 5.41) is 9.52. The summed E-state index contributed by atoms with van der Waals surface area (Å²) in [6.07, 6.45) is 1.49. The monoisotopic (exact) mass is 244 g/mol. The standard InChI is InChI=1S/C10H10BrFO/c1-2-3-10(13)7-4-5-9(12)8(11)6-7/h2,4-6,10,13H,1,3H2. The molecule has 1 nitrogen and oxygen atoms in total. The highest BCUT2D eigenvalue weighted by Crippen LogP contribution is 2.23. The summed E-state index contributed by atoms with van der Waals surface area (Å²) in [5.74, 6) is -0.324. The van der Waals surface area contributed by atoms with Crippen molar-refractivity contribution >= 4 is 15.9 Å². The van der Waals surface area contributed by atoms with Crippen LogP contribution in [0.1, 0.15) is 18.1 Å². The van der Waals surface area contributed by atoms with Gasteiger partial charge < -0.3 is 5.11 Å². The van der Waals surface area contributed by atoms with Gasteiger partial charge in [-0.25, -0.2) is 4.39 Å². The van der Waals surface area contributed by atoms with E-state index in [2.05, 4.69) is 22.5 Å². The second kappa shape index (κ2) is 4.53. The average molecular weight is 245 g/mol. The lowest BCUT2D eigenvalue weighted by Gasteiger charge is -2.08. The fourth-order valence-corrected chi connectivity index (χ4v) is 1.41. The number of halogens is 2. The number of aliphatic hydroxyl groups excluding tert-OH is 1. The minimum absolute atomic E-state index is 0.324. The first kappa shape index (κ1) is 10.4. The largest absolute Gasteiger partial charge is 0.388 e. The smallest absolute Gasteiger partial charge is 0.137 e. The fourth-order valence-electron chi connectivity index (χ4n) is 1.01. The zero-order chi connectivity index (χ0) is 9.84. The summed E-state index contributed by atoms with van der Waals surface area (Å²) in [7, 11) is 0. The highest BCUT2D eigenvalue weighted by Gasteiger charge is 2.07. The van der Waals surface area contributed by atoms with Gasteiger partial charge in [0.05, 0.1) is 10.6 Å². The van der Waals surface area contributed by atoms with Gasteiger partial charge in [-0.3, -0.25) is 0 Å². The van der Waals surface area contributed by atoms with Gasteiger partial charge in [0, 0.05) is 0 Å². The first-order chi connectivity index (χ1) is 6.15. The average Bonchev–Trinajstić information content (AvgIpc) is 2.10. The molecule has 0 saturated heterocycles. The minimum atomic E-state index is -0.602. The first-order valence-corrected chi connectivity index (χ1v) is 4.68. The summed E-state index contributed by atoms with van der Waals surface area (Å²) < 4.78 is 13.2. The van der Waals surface area contributed by atoms with Crippen LogP contribution in [-0.4, -0.2) is 5.11 Å². The van der Waals surface area contributed by atoms with E-state index in [0.717, 1.165) is 0 Å². The van der Waals surface area contributed by atoms with Gasteiger partial charge in [0.2, 0.25) is 0 Å². The maximum absolute atomic E-state index is 12.8. The van der Waals surface area contributed by atoms with Crippen LogP contribution in [0.4, 0.5) is 4.39 Å². The number of benzene rings is 1. The second-order valence-corrected chi connectivity index (χ2v) is 3.57. The Morgan fingerprint density at radius 2 is 2.31 bits per heavy atom. The summed E-state index contributed by atoms with van der Waals surface area (Å²) in [5.41, 5.74) is 0.688. The van der Waals surface area contributed by atoms with Crippen LogP contribution < -0.4 is 0 Å². The molecule has 0 spiro atoms. The quantitative estimate of drug-likeness (QED) is 0.810. The minimum Gasteiger partial charge on any atom is -0.388 e. The zero-order valence-corrected chi connectivity index (χ0v) is 8.59. The van der Waals surface area contributed by atoms with Crippen LogP contribution in [0.3, 0.4) is 0 Å². The summed E-state index contributed by atoms with van der Waals surface area (Å²) >= 11 is 3.05. The van der Waals surface area contributed by atoms with Crippen molar-refractivity contribution < 1.29 is 9.50 Å². The maximum Gasteiger partial charge on any atom is 0.137 e. The topological polar surface area (TPSA) is 20.2 Å². The Morgan fingerprint density at radius 1 is 1.62 bits per heavy atom. The van der Waals surface area contributed by atoms with Crippen molar-refractivity contribution in [3.8, 4) is 0 Å². The Morgan fingerprint density at radius 3 is 2.85 bits per heavy atom. The number of aliphatic hydroxyl groups is 1. The second-order valence-electron chi connectivity index (χ2n) is 2.71. The predicted octanol–water partition coefficient (Wildman–Crippen LogP) is 3.20. The molecular weight excluding hydrogens is 235 g/mol. The highest BCUT2D eigenvalue weighted by atomic mass is 79.9. The predicted molar refractivity (Wildman–Crippen MR) is 53.9 cm³/mol. The van der Waals surface area contributed by atoms with E-state index in [9.17, 15) is 9.50 Å². The van der Waals surface area contributed by atoms with Crippen LogP contribution in [0.5, 0.6) is 0 Å². The molecule has 0 heterocycles. The van der Waals surface area contributed by atoms with E-state index < -0.39 is 6.10 Å². The number of rotatable bonds is 3. The van der Waals surface area contributed by atoms with Gasteiger partial charge in [-0.2, -0.15) is 0 Å². The van der Waals surface area contributed by atoms with Crippen LogP contribution in [0.15, 0.2) is 35.3 Å². The Kier molecular flexibility index (Phi) is 3.63. The van der Waals surface area contributed by atoms with Gasteiger partial charge in [0.15, 0.2) is 0 Å². The van der Waals surface area contributed by atoms with Gasteiger partial charge in [0.25, 0.3) is 0 Å². The SMILES string of the molecule is C=CCC(O)c1ccc(F)c(Br)c1. The van der Waals surface area contributed by atoms with Crippen LogP contribution in [0.25, 0.3) is 0 Å². The van der Waals surface area contributed by atoms with Gasteiger partial charge >= 0.3 is 0 Å². The Bertz CT molecular complexity index is 312. The molecule has 0 radical (unpaired) electrons. The Hall–Kier alpha value is -0.670. The Labute approximate surface area is 85.0 Å². The Balaban J connectivity index is 2.89. The molecule has 70 valence electrons. The van der Waals surface area contributed by atoms with Crippen molar-refractivity contribution in [1.82, 2.24) is 0 Å². The molecule has 1 unspecified atom stereocenters. The molecule has 0 aliphatic carbocycles. The molecule has 0 fully saturated rings. The molecule has 1 rings (SSSR count). The van der Waals surface area contributed by atoms with Crippen molar-refractivity contribution in [2.24, 2.45) is 0 Å². The lowest BCUT2D eigenvalue weighted by atomic mass is 10.1. The van der Waals surface area contributed by atoms with E-state index in [0.29, 0.717) is 16.5 Å². The van der Waals surface area contributed by atoms with E-state index in [1.54, 1.807) is 18.2 Å². The molecule has 0 amide bonds. The van der Waals surface area contributed by atoms with Crippen molar-refractivity contribution in [3.05, 3.63) is 46.7 Å². The third kappa shape index (κ3) is 2.64. The van der Waals surface area contributed by atoms with Crippen molar-refractivity contribution in [2.45, 2.75) is 12.5 Å².